The molecule has 21 heavy (non-hydrogen) atoms. The Morgan fingerprint density at radius 2 is 1.86 bits per heavy atom. The number of benzene rings is 1. The van der Waals surface area contributed by atoms with Crippen LogP contribution in [0.2, 0.25) is 0 Å². The summed E-state index contributed by atoms with van der Waals surface area (Å²) in [5.41, 5.74) is 7.87. The summed E-state index contributed by atoms with van der Waals surface area (Å²) in [6, 6.07) is 8.38. The molecular weight excluding hydrogens is 258 g/mol. The molecule has 0 atom stereocenters. The fraction of sp³-hybridized carbons (Fsp3) is 0.556. The van der Waals surface area contributed by atoms with E-state index < -0.39 is 0 Å². The van der Waals surface area contributed by atoms with E-state index in [1.807, 2.05) is 6.07 Å². The third kappa shape index (κ3) is 7.29. The predicted molar refractivity (Wildman–Crippen MR) is 91.0 cm³/mol. The number of nitrogens with zero attached hydrogens (tertiary/aromatic N) is 2. The summed E-state index contributed by atoms with van der Waals surface area (Å²) >= 11 is 0. The highest BCUT2D eigenvalue weighted by molar-refractivity contribution is 5.41. The van der Waals surface area contributed by atoms with Gasteiger partial charge in [-0.1, -0.05) is 43.9 Å². The van der Waals surface area contributed by atoms with E-state index in [4.69, 9.17) is 5.73 Å². The first-order valence-corrected chi connectivity index (χ1v) is 7.66. The van der Waals surface area contributed by atoms with E-state index in [0.717, 1.165) is 31.7 Å². The van der Waals surface area contributed by atoms with Crippen molar-refractivity contribution in [1.82, 2.24) is 9.80 Å². The SMILES string of the molecule is CC(C)CN(CCN(C)C)Cc1ccccc1C#CCN. The summed E-state index contributed by atoms with van der Waals surface area (Å²) in [6.07, 6.45) is 0. The second kappa shape index (κ2) is 9.57. The topological polar surface area (TPSA) is 32.5 Å². The van der Waals surface area contributed by atoms with Gasteiger partial charge in [-0.25, -0.2) is 0 Å². The van der Waals surface area contributed by atoms with Crippen molar-refractivity contribution >= 4 is 0 Å². The summed E-state index contributed by atoms with van der Waals surface area (Å²) in [6.45, 7) is 9.14. The van der Waals surface area contributed by atoms with Crippen molar-refractivity contribution in [2.45, 2.75) is 20.4 Å². The Bertz CT molecular complexity index is 469. The molecule has 0 aliphatic heterocycles. The molecule has 0 heterocycles. The monoisotopic (exact) mass is 287 g/mol. The Morgan fingerprint density at radius 1 is 1.14 bits per heavy atom. The van der Waals surface area contributed by atoms with Crippen LogP contribution < -0.4 is 5.73 Å². The van der Waals surface area contributed by atoms with Crippen LogP contribution in [0.5, 0.6) is 0 Å². The first-order valence-electron chi connectivity index (χ1n) is 7.66. The van der Waals surface area contributed by atoms with Crippen LogP contribution in [0.15, 0.2) is 24.3 Å². The molecular formula is C18H29N3. The minimum atomic E-state index is 0.407. The van der Waals surface area contributed by atoms with Crippen LogP contribution in [-0.4, -0.2) is 50.1 Å². The van der Waals surface area contributed by atoms with Gasteiger partial charge in [-0.15, -0.1) is 0 Å². The minimum Gasteiger partial charge on any atom is -0.320 e. The van der Waals surface area contributed by atoms with E-state index >= 15 is 0 Å². The quantitative estimate of drug-likeness (QED) is 0.779. The van der Waals surface area contributed by atoms with Crippen molar-refractivity contribution < 1.29 is 0 Å². The van der Waals surface area contributed by atoms with Crippen LogP contribution in [0.25, 0.3) is 0 Å². The van der Waals surface area contributed by atoms with Gasteiger partial charge in [-0.2, -0.15) is 0 Å². The maximum atomic E-state index is 5.49. The van der Waals surface area contributed by atoms with Crippen molar-refractivity contribution in [3.8, 4) is 11.8 Å². The van der Waals surface area contributed by atoms with Gasteiger partial charge in [0.1, 0.15) is 0 Å². The van der Waals surface area contributed by atoms with Crippen LogP contribution in [0.4, 0.5) is 0 Å². The summed E-state index contributed by atoms with van der Waals surface area (Å²) in [7, 11) is 4.24. The van der Waals surface area contributed by atoms with E-state index in [1.54, 1.807) is 0 Å². The van der Waals surface area contributed by atoms with Gasteiger partial charge < -0.3 is 10.6 Å². The van der Waals surface area contributed by atoms with Gasteiger partial charge in [0.25, 0.3) is 0 Å². The highest BCUT2D eigenvalue weighted by Gasteiger charge is 2.10. The fourth-order valence-corrected chi connectivity index (χ4v) is 2.26. The molecule has 0 fully saturated rings. The van der Waals surface area contributed by atoms with Crippen molar-refractivity contribution in [3.63, 3.8) is 0 Å². The lowest BCUT2D eigenvalue weighted by Crippen LogP contribution is -2.34. The fourth-order valence-electron chi connectivity index (χ4n) is 2.26. The molecule has 0 unspecified atom stereocenters. The maximum absolute atomic E-state index is 5.49. The van der Waals surface area contributed by atoms with E-state index in [-0.39, 0.29) is 0 Å². The van der Waals surface area contributed by atoms with Gasteiger partial charge in [0.05, 0.1) is 6.54 Å². The summed E-state index contributed by atoms with van der Waals surface area (Å²) in [5.74, 6) is 6.81. The van der Waals surface area contributed by atoms with Crippen LogP contribution in [-0.2, 0) is 6.54 Å². The molecule has 0 aromatic heterocycles. The zero-order valence-corrected chi connectivity index (χ0v) is 13.9. The summed E-state index contributed by atoms with van der Waals surface area (Å²) in [4.78, 5) is 4.74. The normalized spacial score (nSPS) is 11.0. The molecule has 0 bridgehead atoms. The smallest absolute Gasteiger partial charge is 0.0555 e. The highest BCUT2D eigenvalue weighted by Crippen LogP contribution is 2.12. The Labute approximate surface area is 130 Å². The zero-order chi connectivity index (χ0) is 15.7. The molecule has 0 aliphatic rings. The van der Waals surface area contributed by atoms with E-state index in [1.165, 1.54) is 5.56 Å². The highest BCUT2D eigenvalue weighted by atomic mass is 15.2. The summed E-state index contributed by atoms with van der Waals surface area (Å²) < 4.78 is 0. The number of hydrogen-bond acceptors (Lipinski definition) is 3. The Hall–Kier alpha value is -1.34. The van der Waals surface area contributed by atoms with Crippen LogP contribution in [0.1, 0.15) is 25.0 Å². The maximum Gasteiger partial charge on any atom is 0.0555 e. The molecule has 0 radical (unpaired) electrons. The zero-order valence-electron chi connectivity index (χ0n) is 13.9. The Kier molecular flexibility index (Phi) is 8.07. The number of rotatable bonds is 7. The second-order valence-electron chi connectivity index (χ2n) is 6.10. The molecule has 0 saturated carbocycles. The molecule has 0 spiro atoms. The lowest BCUT2D eigenvalue weighted by molar-refractivity contribution is 0.211. The van der Waals surface area contributed by atoms with Gasteiger partial charge >= 0.3 is 0 Å². The molecule has 1 aromatic carbocycles. The Balaban J connectivity index is 2.81. The van der Waals surface area contributed by atoms with Crippen LogP contribution in [0.3, 0.4) is 0 Å². The molecule has 116 valence electrons. The van der Waals surface area contributed by atoms with Crippen molar-refractivity contribution in [2.24, 2.45) is 11.7 Å². The average Bonchev–Trinajstić information content (AvgIpc) is 2.43. The van der Waals surface area contributed by atoms with Gasteiger partial charge in [-0.05, 0) is 31.6 Å². The molecule has 2 N–H and O–H groups in total. The lowest BCUT2D eigenvalue weighted by Gasteiger charge is -2.26. The largest absolute Gasteiger partial charge is 0.320 e. The van der Waals surface area contributed by atoms with Crippen molar-refractivity contribution in [3.05, 3.63) is 35.4 Å². The van der Waals surface area contributed by atoms with Gasteiger partial charge in [0, 0.05) is 31.7 Å². The number of likely N-dealkylation sites (N-methyl/N-ethyl adjacent to an activating group) is 1. The molecule has 1 rings (SSSR count). The molecule has 3 heteroatoms. The van der Waals surface area contributed by atoms with Crippen molar-refractivity contribution in [2.75, 3.05) is 40.3 Å². The molecule has 0 saturated heterocycles. The number of hydrogen-bond donors (Lipinski definition) is 1. The standard InChI is InChI=1S/C18H29N3/c1-16(2)14-21(13-12-20(3)4)15-18-9-6-5-8-17(18)10-7-11-19/h5-6,8-9,16H,11-15,19H2,1-4H3. The third-order valence-corrected chi connectivity index (χ3v) is 3.22. The van der Waals surface area contributed by atoms with E-state index in [0.29, 0.717) is 12.5 Å². The molecule has 1 aromatic rings. The van der Waals surface area contributed by atoms with Crippen LogP contribution >= 0.6 is 0 Å². The lowest BCUT2D eigenvalue weighted by atomic mass is 10.1. The number of nitrogens with two attached hydrogens (primary N) is 1. The second-order valence-corrected chi connectivity index (χ2v) is 6.10. The van der Waals surface area contributed by atoms with Crippen LogP contribution in [0, 0.1) is 17.8 Å². The predicted octanol–water partition coefficient (Wildman–Crippen LogP) is 2.02. The first-order chi connectivity index (χ1) is 10.0. The summed E-state index contributed by atoms with van der Waals surface area (Å²) in [5, 5.41) is 0. The minimum absolute atomic E-state index is 0.407. The average molecular weight is 287 g/mol. The van der Waals surface area contributed by atoms with Gasteiger partial charge in [0.15, 0.2) is 0 Å². The van der Waals surface area contributed by atoms with Gasteiger partial charge in [0.2, 0.25) is 0 Å². The van der Waals surface area contributed by atoms with Crippen molar-refractivity contribution in [1.29, 1.82) is 0 Å². The third-order valence-electron chi connectivity index (χ3n) is 3.22. The molecule has 0 aliphatic carbocycles. The first kappa shape index (κ1) is 17.7. The Morgan fingerprint density at radius 3 is 2.48 bits per heavy atom. The molecule has 3 nitrogen and oxygen atoms in total. The van der Waals surface area contributed by atoms with E-state index in [9.17, 15) is 0 Å². The molecule has 0 amide bonds. The van der Waals surface area contributed by atoms with Gasteiger partial charge in [-0.3, -0.25) is 4.90 Å². The van der Waals surface area contributed by atoms with E-state index in [2.05, 4.69) is 67.8 Å².